The van der Waals surface area contributed by atoms with Gasteiger partial charge in [0.05, 0.1) is 0 Å². The molecule has 2 rings (SSSR count). The highest BCUT2D eigenvalue weighted by molar-refractivity contribution is 7.99. The quantitative estimate of drug-likeness (QED) is 0.669. The van der Waals surface area contributed by atoms with Crippen molar-refractivity contribution in [2.75, 3.05) is 5.75 Å². The summed E-state index contributed by atoms with van der Waals surface area (Å²) >= 11 is 2.11. The Morgan fingerprint density at radius 3 is 2.27 bits per heavy atom. The predicted molar refractivity (Wildman–Crippen MR) is 69.6 cm³/mol. The molecule has 1 aliphatic rings. The summed E-state index contributed by atoms with van der Waals surface area (Å²) in [5.74, 6) is 1.34. The maximum atomic E-state index is 2.32. The molecule has 1 saturated heterocycles. The van der Waals surface area contributed by atoms with Gasteiger partial charge in [-0.15, -0.1) is 0 Å². The number of hydrogen-bond acceptors (Lipinski definition) is 1. The molecule has 0 radical (unpaired) electrons. The maximum absolute atomic E-state index is 2.32. The second-order valence-electron chi connectivity index (χ2n) is 5.37. The summed E-state index contributed by atoms with van der Waals surface area (Å²) in [5.41, 5.74) is 3.24. The zero-order valence-electron chi connectivity index (χ0n) is 9.92. The molecular weight excluding hydrogens is 200 g/mol. The molecule has 0 spiro atoms. The van der Waals surface area contributed by atoms with Gasteiger partial charge in [-0.05, 0) is 35.1 Å². The monoisotopic (exact) mass is 220 g/mol. The second kappa shape index (κ2) is 4.21. The number of rotatable bonds is 1. The zero-order chi connectivity index (χ0) is 10.9. The Balaban J connectivity index is 2.16. The van der Waals surface area contributed by atoms with E-state index in [0.717, 1.165) is 5.25 Å². The molecule has 1 unspecified atom stereocenters. The normalized spacial score (nSPS) is 21.9. The Morgan fingerprint density at radius 2 is 1.80 bits per heavy atom. The smallest absolute Gasteiger partial charge is 0.0297 e. The largest absolute Gasteiger partial charge is 0.154 e. The number of thioether (sulfide) groups is 1. The Morgan fingerprint density at radius 1 is 1.13 bits per heavy atom. The van der Waals surface area contributed by atoms with E-state index in [9.17, 15) is 0 Å². The minimum atomic E-state index is 0.279. The van der Waals surface area contributed by atoms with Gasteiger partial charge in [-0.3, -0.25) is 0 Å². The molecule has 1 atom stereocenters. The third-order valence-corrected chi connectivity index (χ3v) is 4.51. The van der Waals surface area contributed by atoms with Gasteiger partial charge in [0, 0.05) is 5.25 Å². The second-order valence-corrected chi connectivity index (χ2v) is 6.68. The van der Waals surface area contributed by atoms with Gasteiger partial charge in [0.2, 0.25) is 0 Å². The van der Waals surface area contributed by atoms with E-state index in [0.29, 0.717) is 0 Å². The van der Waals surface area contributed by atoms with Gasteiger partial charge in [0.1, 0.15) is 0 Å². The van der Waals surface area contributed by atoms with Crippen LogP contribution in [0.25, 0.3) is 0 Å². The molecule has 1 aromatic rings. The van der Waals surface area contributed by atoms with E-state index in [1.54, 1.807) is 0 Å². The molecule has 1 fully saturated rings. The van der Waals surface area contributed by atoms with Crippen LogP contribution in [0, 0.1) is 0 Å². The molecule has 15 heavy (non-hydrogen) atoms. The fraction of sp³-hybridized carbons (Fsp3) is 0.571. The van der Waals surface area contributed by atoms with Gasteiger partial charge in [-0.1, -0.05) is 45.0 Å². The van der Waals surface area contributed by atoms with Crippen molar-refractivity contribution in [3.63, 3.8) is 0 Å². The van der Waals surface area contributed by atoms with Crippen molar-refractivity contribution in [1.29, 1.82) is 0 Å². The van der Waals surface area contributed by atoms with E-state index in [-0.39, 0.29) is 5.41 Å². The Kier molecular flexibility index (Phi) is 3.11. The number of hydrogen-bond donors (Lipinski definition) is 0. The van der Waals surface area contributed by atoms with E-state index in [2.05, 4.69) is 56.8 Å². The lowest BCUT2D eigenvalue weighted by molar-refractivity contribution is 0.590. The fourth-order valence-electron chi connectivity index (χ4n) is 2.04. The van der Waals surface area contributed by atoms with Crippen LogP contribution in [0.5, 0.6) is 0 Å². The van der Waals surface area contributed by atoms with Gasteiger partial charge in [0.25, 0.3) is 0 Å². The van der Waals surface area contributed by atoms with Crippen molar-refractivity contribution in [1.82, 2.24) is 0 Å². The van der Waals surface area contributed by atoms with Gasteiger partial charge in [0.15, 0.2) is 0 Å². The van der Waals surface area contributed by atoms with Gasteiger partial charge in [-0.25, -0.2) is 0 Å². The first-order chi connectivity index (χ1) is 7.07. The maximum Gasteiger partial charge on any atom is 0.0297 e. The molecule has 0 N–H and O–H groups in total. The van der Waals surface area contributed by atoms with Crippen molar-refractivity contribution >= 4 is 11.8 Å². The van der Waals surface area contributed by atoms with Crippen LogP contribution in [-0.4, -0.2) is 5.75 Å². The summed E-state index contributed by atoms with van der Waals surface area (Å²) in [6.45, 7) is 6.81. The lowest BCUT2D eigenvalue weighted by Crippen LogP contribution is -2.10. The molecule has 1 aromatic carbocycles. The highest BCUT2D eigenvalue weighted by atomic mass is 32.2. The van der Waals surface area contributed by atoms with Crippen LogP contribution in [0.15, 0.2) is 24.3 Å². The molecule has 82 valence electrons. The standard InChI is InChI=1S/C14H20S/c1-14(2,3)12-8-6-11(7-9-12)13-5-4-10-15-13/h6-9,13H,4-5,10H2,1-3H3. The molecular formula is C14H20S. The lowest BCUT2D eigenvalue weighted by atomic mass is 9.86. The summed E-state index contributed by atoms with van der Waals surface area (Å²) in [7, 11) is 0. The van der Waals surface area contributed by atoms with Crippen LogP contribution in [-0.2, 0) is 5.41 Å². The van der Waals surface area contributed by atoms with E-state index in [4.69, 9.17) is 0 Å². The van der Waals surface area contributed by atoms with Crippen molar-refractivity contribution in [2.24, 2.45) is 0 Å². The van der Waals surface area contributed by atoms with Crippen molar-refractivity contribution < 1.29 is 0 Å². The molecule has 0 saturated carbocycles. The summed E-state index contributed by atoms with van der Waals surface area (Å²) in [5, 5.41) is 0.763. The number of benzene rings is 1. The first kappa shape index (κ1) is 11.1. The summed E-state index contributed by atoms with van der Waals surface area (Å²) in [4.78, 5) is 0. The van der Waals surface area contributed by atoms with E-state index in [1.807, 2.05) is 0 Å². The highest BCUT2D eigenvalue weighted by Gasteiger charge is 2.18. The van der Waals surface area contributed by atoms with Crippen molar-refractivity contribution in [3.8, 4) is 0 Å². The molecule has 1 heterocycles. The molecule has 0 aliphatic carbocycles. The summed E-state index contributed by atoms with van der Waals surface area (Å²) < 4.78 is 0. The lowest BCUT2D eigenvalue weighted by Gasteiger charge is -2.20. The molecule has 0 bridgehead atoms. The van der Waals surface area contributed by atoms with Crippen LogP contribution >= 0.6 is 11.8 Å². The summed E-state index contributed by atoms with van der Waals surface area (Å²) in [6.07, 6.45) is 2.75. The predicted octanol–water partition coefficient (Wildman–Crippen LogP) is 4.55. The minimum absolute atomic E-state index is 0.279. The average molecular weight is 220 g/mol. The van der Waals surface area contributed by atoms with Crippen LogP contribution in [0.3, 0.4) is 0 Å². The molecule has 1 aliphatic heterocycles. The molecule has 0 amide bonds. The Labute approximate surface area is 97.5 Å². The molecule has 0 nitrogen and oxygen atoms in total. The SMILES string of the molecule is CC(C)(C)c1ccc(C2CCCS2)cc1. The van der Waals surface area contributed by atoms with Crippen LogP contribution in [0.1, 0.15) is 50.0 Å². The third-order valence-electron chi connectivity index (χ3n) is 3.08. The summed E-state index contributed by atoms with van der Waals surface area (Å²) in [6, 6.07) is 9.25. The van der Waals surface area contributed by atoms with Gasteiger partial charge >= 0.3 is 0 Å². The zero-order valence-corrected chi connectivity index (χ0v) is 10.7. The van der Waals surface area contributed by atoms with Crippen LogP contribution in [0.4, 0.5) is 0 Å². The Bertz CT molecular complexity index is 312. The molecule has 0 aromatic heterocycles. The highest BCUT2D eigenvalue weighted by Crippen LogP contribution is 2.40. The van der Waals surface area contributed by atoms with Crippen LogP contribution in [0.2, 0.25) is 0 Å². The Hall–Kier alpha value is -0.430. The topological polar surface area (TPSA) is 0 Å². The first-order valence-electron chi connectivity index (χ1n) is 5.79. The van der Waals surface area contributed by atoms with Crippen molar-refractivity contribution in [3.05, 3.63) is 35.4 Å². The van der Waals surface area contributed by atoms with E-state index < -0.39 is 0 Å². The van der Waals surface area contributed by atoms with E-state index in [1.165, 1.54) is 29.7 Å². The third kappa shape index (κ3) is 2.57. The van der Waals surface area contributed by atoms with Crippen molar-refractivity contribution in [2.45, 2.75) is 44.3 Å². The fourth-order valence-corrected chi connectivity index (χ4v) is 3.34. The van der Waals surface area contributed by atoms with E-state index >= 15 is 0 Å². The van der Waals surface area contributed by atoms with Gasteiger partial charge < -0.3 is 0 Å². The molecule has 1 heteroatoms. The van der Waals surface area contributed by atoms with Crippen LogP contribution < -0.4 is 0 Å². The minimum Gasteiger partial charge on any atom is -0.154 e. The average Bonchev–Trinajstić information content (AvgIpc) is 2.69. The van der Waals surface area contributed by atoms with Gasteiger partial charge in [-0.2, -0.15) is 11.8 Å². The first-order valence-corrected chi connectivity index (χ1v) is 6.84.